The van der Waals surface area contributed by atoms with E-state index in [0.29, 0.717) is 48.5 Å². The van der Waals surface area contributed by atoms with Crippen LogP contribution < -0.4 is 10.1 Å². The number of carbonyl (C=O) groups is 2. The van der Waals surface area contributed by atoms with E-state index in [9.17, 15) is 9.59 Å². The zero-order chi connectivity index (χ0) is 22.5. The van der Waals surface area contributed by atoms with E-state index in [2.05, 4.69) is 5.32 Å². The van der Waals surface area contributed by atoms with Crippen LogP contribution in [0, 0.1) is 0 Å². The smallest absolute Gasteiger partial charge is 0.246 e. The molecule has 0 aliphatic carbocycles. The van der Waals surface area contributed by atoms with Gasteiger partial charge in [0.15, 0.2) is 0 Å². The third-order valence-electron chi connectivity index (χ3n) is 5.35. The van der Waals surface area contributed by atoms with E-state index in [1.54, 1.807) is 35.3 Å². The van der Waals surface area contributed by atoms with E-state index < -0.39 is 0 Å². The molecule has 2 aliphatic rings. The van der Waals surface area contributed by atoms with Gasteiger partial charge in [0.25, 0.3) is 0 Å². The first-order valence-corrected chi connectivity index (χ1v) is 11.1. The summed E-state index contributed by atoms with van der Waals surface area (Å²) in [6.45, 7) is 3.06. The molecule has 0 radical (unpaired) electrons. The molecule has 166 valence electrons. The summed E-state index contributed by atoms with van der Waals surface area (Å²) in [5, 5.41) is 3.98. The maximum Gasteiger partial charge on any atom is 0.246 e. The van der Waals surface area contributed by atoms with Gasteiger partial charge in [-0.3, -0.25) is 14.5 Å². The topological polar surface area (TPSA) is 61.9 Å². The van der Waals surface area contributed by atoms with Crippen molar-refractivity contribution in [3.63, 3.8) is 0 Å². The average molecular weight is 472 g/mol. The SMILES string of the molecule is O=C(CN1CCN(C(=O)/C=C/C2=Cc3cc(Cl)ccc3OC2)CC1)Nc1ccccc1Cl. The van der Waals surface area contributed by atoms with Crippen LogP contribution in [0.25, 0.3) is 6.08 Å². The van der Waals surface area contributed by atoms with Crippen LogP contribution in [-0.2, 0) is 9.59 Å². The molecule has 0 saturated carbocycles. The van der Waals surface area contributed by atoms with Gasteiger partial charge in [0.2, 0.25) is 11.8 Å². The predicted octanol–water partition coefficient (Wildman–Crippen LogP) is 4.11. The Hall–Kier alpha value is -2.80. The second kappa shape index (κ2) is 10.2. The number of fused-ring (bicyclic) bond motifs is 1. The molecular formula is C24H23Cl2N3O3. The molecule has 2 aliphatic heterocycles. The summed E-state index contributed by atoms with van der Waals surface area (Å²) in [5.41, 5.74) is 2.41. The van der Waals surface area contributed by atoms with Crippen molar-refractivity contribution >= 4 is 46.8 Å². The van der Waals surface area contributed by atoms with Crippen LogP contribution in [0.1, 0.15) is 5.56 Å². The van der Waals surface area contributed by atoms with Gasteiger partial charge in [-0.15, -0.1) is 0 Å². The fraction of sp³-hybridized carbons (Fsp3) is 0.250. The molecule has 0 bridgehead atoms. The zero-order valence-electron chi connectivity index (χ0n) is 17.4. The van der Waals surface area contributed by atoms with Gasteiger partial charge < -0.3 is 15.0 Å². The van der Waals surface area contributed by atoms with Gasteiger partial charge in [-0.25, -0.2) is 0 Å². The number of amides is 2. The zero-order valence-corrected chi connectivity index (χ0v) is 18.9. The minimum Gasteiger partial charge on any atom is -0.488 e. The molecule has 0 unspecified atom stereocenters. The van der Waals surface area contributed by atoms with Gasteiger partial charge in [-0.1, -0.05) is 41.4 Å². The third kappa shape index (κ3) is 5.71. The van der Waals surface area contributed by atoms with E-state index >= 15 is 0 Å². The van der Waals surface area contributed by atoms with Gasteiger partial charge in [0.1, 0.15) is 12.4 Å². The summed E-state index contributed by atoms with van der Waals surface area (Å²) >= 11 is 12.1. The minimum atomic E-state index is -0.123. The summed E-state index contributed by atoms with van der Waals surface area (Å²) in [7, 11) is 0. The Kier molecular flexibility index (Phi) is 7.15. The van der Waals surface area contributed by atoms with Gasteiger partial charge in [-0.2, -0.15) is 0 Å². The van der Waals surface area contributed by atoms with E-state index in [1.807, 2.05) is 35.2 Å². The predicted molar refractivity (Wildman–Crippen MR) is 127 cm³/mol. The Morgan fingerprint density at radius 1 is 1.06 bits per heavy atom. The quantitative estimate of drug-likeness (QED) is 0.666. The lowest BCUT2D eigenvalue weighted by atomic mass is 10.1. The van der Waals surface area contributed by atoms with Crippen molar-refractivity contribution in [1.82, 2.24) is 9.80 Å². The molecule has 1 N–H and O–H groups in total. The summed E-state index contributed by atoms with van der Waals surface area (Å²) in [6, 6.07) is 12.6. The van der Waals surface area contributed by atoms with Crippen molar-refractivity contribution in [3.05, 3.63) is 75.8 Å². The largest absolute Gasteiger partial charge is 0.488 e. The Morgan fingerprint density at radius 2 is 1.84 bits per heavy atom. The maximum atomic E-state index is 12.6. The maximum absolute atomic E-state index is 12.6. The number of hydrogen-bond donors (Lipinski definition) is 1. The van der Waals surface area contributed by atoms with Crippen molar-refractivity contribution in [2.75, 3.05) is 44.6 Å². The molecule has 2 amide bonds. The van der Waals surface area contributed by atoms with Crippen LogP contribution in [-0.4, -0.2) is 60.9 Å². The lowest BCUT2D eigenvalue weighted by Gasteiger charge is -2.33. The van der Waals surface area contributed by atoms with E-state index in [0.717, 1.165) is 16.9 Å². The van der Waals surface area contributed by atoms with Crippen molar-refractivity contribution in [2.24, 2.45) is 0 Å². The van der Waals surface area contributed by atoms with Crippen molar-refractivity contribution in [3.8, 4) is 5.75 Å². The fourth-order valence-corrected chi connectivity index (χ4v) is 3.99. The number of benzene rings is 2. The molecule has 4 rings (SSSR count). The number of para-hydroxylation sites is 1. The molecule has 2 heterocycles. The van der Waals surface area contributed by atoms with Crippen LogP contribution in [0.15, 0.2) is 60.2 Å². The molecule has 32 heavy (non-hydrogen) atoms. The summed E-state index contributed by atoms with van der Waals surface area (Å²) < 4.78 is 5.71. The first-order chi connectivity index (χ1) is 15.5. The number of halogens is 2. The Balaban J connectivity index is 1.26. The van der Waals surface area contributed by atoms with E-state index in [-0.39, 0.29) is 18.4 Å². The number of anilines is 1. The number of rotatable bonds is 5. The standard InChI is InChI=1S/C24H23Cl2N3O3/c25-19-6-7-22-18(14-19)13-17(16-32-22)5-8-24(31)29-11-9-28(10-12-29)15-23(30)27-21-4-2-1-3-20(21)26/h1-8,13-14H,9-12,15-16H2,(H,27,30)/b8-5+. The monoisotopic (exact) mass is 471 g/mol. The van der Waals surface area contributed by atoms with Crippen LogP contribution in [0.5, 0.6) is 5.75 Å². The first kappa shape index (κ1) is 22.4. The molecule has 2 aromatic carbocycles. The van der Waals surface area contributed by atoms with Crippen LogP contribution in [0.3, 0.4) is 0 Å². The average Bonchev–Trinajstić information content (AvgIpc) is 2.79. The van der Waals surface area contributed by atoms with Gasteiger partial charge >= 0.3 is 0 Å². The van der Waals surface area contributed by atoms with Gasteiger partial charge in [0, 0.05) is 42.8 Å². The summed E-state index contributed by atoms with van der Waals surface area (Å²) in [6.07, 6.45) is 5.34. The third-order valence-corrected chi connectivity index (χ3v) is 5.91. The van der Waals surface area contributed by atoms with Gasteiger partial charge in [0.05, 0.1) is 17.3 Å². The number of ether oxygens (including phenoxy) is 1. The number of hydrogen-bond acceptors (Lipinski definition) is 4. The number of nitrogens with one attached hydrogen (secondary N) is 1. The lowest BCUT2D eigenvalue weighted by Crippen LogP contribution is -2.50. The number of piperazine rings is 1. The number of nitrogens with zero attached hydrogens (tertiary/aromatic N) is 2. The van der Waals surface area contributed by atoms with Crippen LogP contribution in [0.2, 0.25) is 10.0 Å². The van der Waals surface area contributed by atoms with Gasteiger partial charge in [-0.05, 0) is 42.0 Å². The second-order valence-electron chi connectivity index (χ2n) is 7.65. The fourth-order valence-electron chi connectivity index (χ4n) is 3.63. The molecule has 0 spiro atoms. The molecule has 6 nitrogen and oxygen atoms in total. The normalized spacial score (nSPS) is 16.3. The first-order valence-electron chi connectivity index (χ1n) is 10.3. The molecule has 1 fully saturated rings. The van der Waals surface area contributed by atoms with Crippen LogP contribution >= 0.6 is 23.2 Å². The number of carbonyl (C=O) groups excluding carboxylic acids is 2. The highest BCUT2D eigenvalue weighted by atomic mass is 35.5. The van der Waals surface area contributed by atoms with Crippen molar-refractivity contribution in [1.29, 1.82) is 0 Å². The van der Waals surface area contributed by atoms with E-state index in [1.165, 1.54) is 0 Å². The van der Waals surface area contributed by atoms with Crippen molar-refractivity contribution in [2.45, 2.75) is 0 Å². The van der Waals surface area contributed by atoms with Crippen LogP contribution in [0.4, 0.5) is 5.69 Å². The minimum absolute atomic E-state index is 0.0528. The highest BCUT2D eigenvalue weighted by Crippen LogP contribution is 2.29. The highest BCUT2D eigenvalue weighted by molar-refractivity contribution is 6.33. The molecule has 2 aromatic rings. The molecule has 1 saturated heterocycles. The highest BCUT2D eigenvalue weighted by Gasteiger charge is 2.21. The molecular weight excluding hydrogens is 449 g/mol. The van der Waals surface area contributed by atoms with E-state index in [4.69, 9.17) is 27.9 Å². The second-order valence-corrected chi connectivity index (χ2v) is 8.50. The lowest BCUT2D eigenvalue weighted by molar-refractivity contribution is -0.128. The molecule has 0 atom stereocenters. The summed E-state index contributed by atoms with van der Waals surface area (Å²) in [4.78, 5) is 28.7. The molecule has 8 heteroatoms. The Labute approximate surface area is 197 Å². The molecule has 0 aromatic heterocycles. The summed E-state index contributed by atoms with van der Waals surface area (Å²) in [5.74, 6) is 0.609. The Bertz CT molecular complexity index is 1080. The van der Waals surface area contributed by atoms with Crippen molar-refractivity contribution < 1.29 is 14.3 Å². The Morgan fingerprint density at radius 3 is 2.62 bits per heavy atom.